The van der Waals surface area contributed by atoms with Gasteiger partial charge in [0.25, 0.3) is 0 Å². The number of benzene rings is 2. The van der Waals surface area contributed by atoms with E-state index in [9.17, 15) is 10.1 Å². The van der Waals surface area contributed by atoms with Crippen LogP contribution in [0.5, 0.6) is 0 Å². The first-order chi connectivity index (χ1) is 14.0. The van der Waals surface area contributed by atoms with Crippen molar-refractivity contribution < 1.29 is 9.53 Å². The molecule has 0 aliphatic rings. The quantitative estimate of drug-likeness (QED) is 0.387. The Morgan fingerprint density at radius 3 is 2.62 bits per heavy atom. The lowest BCUT2D eigenvalue weighted by atomic mass is 10.0. The number of carbonyl (C=O) groups excluding carboxylic acids is 1. The third-order valence-corrected chi connectivity index (χ3v) is 4.90. The molecular weight excluding hydrogens is 384 g/mol. The van der Waals surface area contributed by atoms with Crippen LogP contribution in [-0.4, -0.2) is 17.1 Å². The maximum atomic E-state index is 12.4. The van der Waals surface area contributed by atoms with Crippen molar-refractivity contribution in [2.24, 2.45) is 0 Å². The molecule has 0 saturated carbocycles. The molecule has 0 atom stereocenters. The highest BCUT2D eigenvalue weighted by Crippen LogP contribution is 2.28. The van der Waals surface area contributed by atoms with Crippen molar-refractivity contribution in [3.05, 3.63) is 87.7 Å². The first kappa shape index (κ1) is 20.4. The molecule has 5 heteroatoms. The Labute approximate surface area is 175 Å². The number of allylic oxidation sites excluding steroid dienone is 1. The molecule has 3 rings (SSSR count). The summed E-state index contributed by atoms with van der Waals surface area (Å²) in [6.45, 7) is 6.04. The summed E-state index contributed by atoms with van der Waals surface area (Å²) in [6.07, 6.45) is 1.84. The lowest BCUT2D eigenvalue weighted by Crippen LogP contribution is -2.11. The monoisotopic (exact) mass is 404 g/mol. The van der Waals surface area contributed by atoms with Gasteiger partial charge < -0.3 is 9.30 Å². The summed E-state index contributed by atoms with van der Waals surface area (Å²) in [5, 5.41) is 10.2. The molecule has 4 nitrogen and oxygen atoms in total. The Kier molecular flexibility index (Phi) is 6.21. The smallest absolute Gasteiger partial charge is 0.340 e. The van der Waals surface area contributed by atoms with Crippen LogP contribution in [0.3, 0.4) is 0 Å². The summed E-state index contributed by atoms with van der Waals surface area (Å²) in [6, 6.07) is 18.8. The fraction of sp³-hybridized carbons (Fsp3) is 0.167. The Morgan fingerprint density at radius 1 is 1.17 bits per heavy atom. The molecule has 1 aromatic heterocycles. The van der Waals surface area contributed by atoms with Crippen molar-refractivity contribution in [1.29, 1.82) is 5.26 Å². The fourth-order valence-electron chi connectivity index (χ4n) is 3.35. The first-order valence-corrected chi connectivity index (χ1v) is 9.67. The van der Waals surface area contributed by atoms with Gasteiger partial charge in [-0.25, -0.2) is 4.79 Å². The zero-order valence-electron chi connectivity index (χ0n) is 16.6. The van der Waals surface area contributed by atoms with Crippen molar-refractivity contribution in [1.82, 2.24) is 4.57 Å². The van der Waals surface area contributed by atoms with Gasteiger partial charge in [-0.15, -0.1) is 0 Å². The molecule has 0 aliphatic heterocycles. The van der Waals surface area contributed by atoms with E-state index in [-0.39, 0.29) is 5.97 Å². The molecule has 0 unspecified atom stereocenters. The number of aromatic nitrogens is 1. The van der Waals surface area contributed by atoms with Crippen LogP contribution in [0.15, 0.2) is 54.6 Å². The maximum Gasteiger partial charge on any atom is 0.340 e. The van der Waals surface area contributed by atoms with E-state index in [0.717, 1.165) is 28.2 Å². The van der Waals surface area contributed by atoms with Gasteiger partial charge in [0.1, 0.15) is 0 Å². The zero-order chi connectivity index (χ0) is 21.0. The van der Waals surface area contributed by atoms with Gasteiger partial charge in [-0.2, -0.15) is 5.26 Å². The molecular formula is C24H21ClN2O2. The van der Waals surface area contributed by atoms with Gasteiger partial charge in [0.05, 0.1) is 29.5 Å². The van der Waals surface area contributed by atoms with E-state index in [0.29, 0.717) is 22.8 Å². The molecule has 29 heavy (non-hydrogen) atoms. The number of halogens is 1. The van der Waals surface area contributed by atoms with E-state index in [1.54, 1.807) is 25.1 Å². The fourth-order valence-corrected chi connectivity index (χ4v) is 3.54. The Balaban J connectivity index is 2.11. The Hall–Kier alpha value is -3.29. The second kappa shape index (κ2) is 8.81. The van der Waals surface area contributed by atoms with Gasteiger partial charge >= 0.3 is 5.97 Å². The molecule has 0 aliphatic carbocycles. The molecule has 0 saturated heterocycles. The summed E-state index contributed by atoms with van der Waals surface area (Å²) in [5.74, 6) is -0.357. The van der Waals surface area contributed by atoms with Gasteiger partial charge in [0.15, 0.2) is 0 Å². The van der Waals surface area contributed by atoms with Crippen LogP contribution in [0.1, 0.15) is 39.8 Å². The number of esters is 1. The van der Waals surface area contributed by atoms with E-state index in [1.807, 2.05) is 60.9 Å². The second-order valence-electron chi connectivity index (χ2n) is 6.58. The molecule has 2 aromatic carbocycles. The summed E-state index contributed by atoms with van der Waals surface area (Å²) in [7, 11) is 0. The predicted molar refractivity (Wildman–Crippen MR) is 116 cm³/mol. The predicted octanol–water partition coefficient (Wildman–Crippen LogP) is 5.99. The van der Waals surface area contributed by atoms with E-state index < -0.39 is 0 Å². The maximum absolute atomic E-state index is 12.4. The number of nitriles is 1. The summed E-state index contributed by atoms with van der Waals surface area (Å²) >= 11 is 6.08. The number of carbonyl (C=O) groups is 1. The summed E-state index contributed by atoms with van der Waals surface area (Å²) < 4.78 is 7.21. The molecule has 1 heterocycles. The van der Waals surface area contributed by atoms with Gasteiger partial charge in [-0.05, 0) is 68.3 Å². The summed E-state index contributed by atoms with van der Waals surface area (Å²) in [4.78, 5) is 12.4. The largest absolute Gasteiger partial charge is 0.462 e. The van der Waals surface area contributed by atoms with Gasteiger partial charge in [-0.1, -0.05) is 35.9 Å². The number of ether oxygens (including phenoxy) is 1. The molecule has 0 radical (unpaired) electrons. The van der Waals surface area contributed by atoms with Crippen molar-refractivity contribution in [2.45, 2.75) is 20.8 Å². The van der Waals surface area contributed by atoms with E-state index in [4.69, 9.17) is 16.3 Å². The van der Waals surface area contributed by atoms with Crippen molar-refractivity contribution in [3.8, 4) is 11.8 Å². The van der Waals surface area contributed by atoms with E-state index >= 15 is 0 Å². The van der Waals surface area contributed by atoms with Crippen molar-refractivity contribution in [3.63, 3.8) is 0 Å². The summed E-state index contributed by atoms with van der Waals surface area (Å²) in [5.41, 5.74) is 5.31. The molecule has 0 N–H and O–H groups in total. The first-order valence-electron chi connectivity index (χ1n) is 9.29. The van der Waals surface area contributed by atoms with Crippen LogP contribution in [-0.2, 0) is 4.74 Å². The van der Waals surface area contributed by atoms with E-state index in [2.05, 4.69) is 6.07 Å². The highest BCUT2D eigenvalue weighted by Gasteiger charge is 2.17. The van der Waals surface area contributed by atoms with Gasteiger partial charge in [-0.3, -0.25) is 0 Å². The molecule has 146 valence electrons. The van der Waals surface area contributed by atoms with Crippen molar-refractivity contribution >= 4 is 29.2 Å². The second-order valence-corrected chi connectivity index (χ2v) is 7.02. The minimum atomic E-state index is -0.357. The average Bonchev–Trinajstić information content (AvgIpc) is 2.99. The van der Waals surface area contributed by atoms with Crippen LogP contribution < -0.4 is 0 Å². The van der Waals surface area contributed by atoms with Gasteiger partial charge in [0, 0.05) is 16.4 Å². The molecule has 3 aromatic rings. The Bertz CT molecular complexity index is 1140. The minimum absolute atomic E-state index is 0.315. The van der Waals surface area contributed by atoms with Gasteiger partial charge in [0.2, 0.25) is 0 Å². The van der Waals surface area contributed by atoms with Crippen LogP contribution in [0.4, 0.5) is 0 Å². The topological polar surface area (TPSA) is 55.0 Å². The number of aryl methyl sites for hydroxylation is 1. The van der Waals surface area contributed by atoms with E-state index in [1.165, 1.54) is 0 Å². The number of hydrogen-bond donors (Lipinski definition) is 0. The average molecular weight is 405 g/mol. The zero-order valence-corrected chi connectivity index (χ0v) is 17.3. The number of para-hydroxylation sites is 1. The number of hydrogen-bond acceptors (Lipinski definition) is 3. The Morgan fingerprint density at radius 2 is 1.93 bits per heavy atom. The number of nitrogens with zero attached hydrogens (tertiary/aromatic N) is 2. The van der Waals surface area contributed by atoms with Crippen LogP contribution in [0.2, 0.25) is 5.02 Å². The van der Waals surface area contributed by atoms with Crippen LogP contribution in [0, 0.1) is 25.2 Å². The lowest BCUT2D eigenvalue weighted by Gasteiger charge is -2.14. The van der Waals surface area contributed by atoms with Crippen LogP contribution >= 0.6 is 11.6 Å². The normalized spacial score (nSPS) is 11.2. The lowest BCUT2D eigenvalue weighted by molar-refractivity contribution is 0.0526. The SMILES string of the molecule is CCOC(=O)c1ccccc1-n1c(C)cc(/C=C(/C#N)c2cccc(Cl)c2)c1C. The van der Waals surface area contributed by atoms with Crippen LogP contribution in [0.25, 0.3) is 17.3 Å². The standard InChI is InChI=1S/C24H21ClN2O2/c1-4-29-24(28)22-10-5-6-11-23(22)27-16(2)12-19(17(27)3)13-20(15-26)18-8-7-9-21(25)14-18/h5-14H,4H2,1-3H3/b20-13-. The highest BCUT2D eigenvalue weighted by atomic mass is 35.5. The molecule has 0 bridgehead atoms. The third kappa shape index (κ3) is 4.26. The molecule has 0 spiro atoms. The van der Waals surface area contributed by atoms with Crippen molar-refractivity contribution in [2.75, 3.05) is 6.61 Å². The minimum Gasteiger partial charge on any atom is -0.462 e. The molecule has 0 amide bonds. The number of rotatable bonds is 5. The molecule has 0 fully saturated rings. The third-order valence-electron chi connectivity index (χ3n) is 4.67. The highest BCUT2D eigenvalue weighted by molar-refractivity contribution is 6.30.